The fourth-order valence-corrected chi connectivity index (χ4v) is 2.34. The molecule has 0 saturated heterocycles. The van der Waals surface area contributed by atoms with E-state index in [0.29, 0.717) is 6.42 Å². The van der Waals surface area contributed by atoms with E-state index < -0.39 is 6.10 Å². The molecular formula is C17H19FO. The SMILES string of the molecule is Cc1cc(F)ccc1CC(O)c1cccc(C)c1C. The van der Waals surface area contributed by atoms with E-state index in [9.17, 15) is 9.50 Å². The molecular weight excluding hydrogens is 239 g/mol. The summed E-state index contributed by atoms with van der Waals surface area (Å²) in [7, 11) is 0. The van der Waals surface area contributed by atoms with Crippen LogP contribution in [0.4, 0.5) is 4.39 Å². The van der Waals surface area contributed by atoms with Crippen LogP contribution in [0.2, 0.25) is 0 Å². The van der Waals surface area contributed by atoms with Gasteiger partial charge in [0.2, 0.25) is 0 Å². The topological polar surface area (TPSA) is 20.2 Å². The molecule has 1 N–H and O–H groups in total. The first-order chi connectivity index (χ1) is 8.99. The maximum absolute atomic E-state index is 13.1. The Labute approximate surface area is 113 Å². The van der Waals surface area contributed by atoms with Crippen molar-refractivity contribution in [3.8, 4) is 0 Å². The smallest absolute Gasteiger partial charge is 0.123 e. The zero-order valence-corrected chi connectivity index (χ0v) is 11.6. The van der Waals surface area contributed by atoms with Gasteiger partial charge in [0, 0.05) is 6.42 Å². The molecule has 100 valence electrons. The minimum atomic E-state index is -0.552. The molecule has 1 unspecified atom stereocenters. The van der Waals surface area contributed by atoms with Crippen molar-refractivity contribution < 1.29 is 9.50 Å². The van der Waals surface area contributed by atoms with Gasteiger partial charge in [0.15, 0.2) is 0 Å². The van der Waals surface area contributed by atoms with Crippen LogP contribution in [0.1, 0.15) is 33.9 Å². The monoisotopic (exact) mass is 258 g/mol. The van der Waals surface area contributed by atoms with Crippen LogP contribution in [0, 0.1) is 26.6 Å². The van der Waals surface area contributed by atoms with Crippen LogP contribution in [-0.4, -0.2) is 5.11 Å². The van der Waals surface area contributed by atoms with Crippen LogP contribution in [0.15, 0.2) is 36.4 Å². The quantitative estimate of drug-likeness (QED) is 0.881. The second kappa shape index (κ2) is 5.54. The number of aliphatic hydroxyl groups excluding tert-OH is 1. The van der Waals surface area contributed by atoms with Gasteiger partial charge in [-0.25, -0.2) is 4.39 Å². The normalized spacial score (nSPS) is 12.5. The van der Waals surface area contributed by atoms with Crippen molar-refractivity contribution in [3.63, 3.8) is 0 Å². The average molecular weight is 258 g/mol. The van der Waals surface area contributed by atoms with E-state index in [4.69, 9.17) is 0 Å². The molecule has 0 radical (unpaired) electrons. The van der Waals surface area contributed by atoms with E-state index in [1.54, 1.807) is 6.07 Å². The van der Waals surface area contributed by atoms with Gasteiger partial charge in [-0.15, -0.1) is 0 Å². The lowest BCUT2D eigenvalue weighted by molar-refractivity contribution is 0.177. The summed E-state index contributed by atoms with van der Waals surface area (Å²) in [6, 6.07) is 10.6. The van der Waals surface area contributed by atoms with E-state index in [2.05, 4.69) is 0 Å². The largest absolute Gasteiger partial charge is 0.388 e. The van der Waals surface area contributed by atoms with Gasteiger partial charge in [-0.2, -0.15) is 0 Å². The molecule has 2 aromatic carbocycles. The molecule has 0 aliphatic carbocycles. The number of halogens is 1. The van der Waals surface area contributed by atoms with Crippen LogP contribution in [0.25, 0.3) is 0 Å². The third-order valence-electron chi connectivity index (χ3n) is 3.72. The summed E-state index contributed by atoms with van der Waals surface area (Å²) in [5, 5.41) is 10.4. The Bertz CT molecular complexity index is 590. The van der Waals surface area contributed by atoms with Crippen molar-refractivity contribution in [3.05, 3.63) is 70.0 Å². The van der Waals surface area contributed by atoms with Crippen molar-refractivity contribution >= 4 is 0 Å². The molecule has 0 saturated carbocycles. The van der Waals surface area contributed by atoms with Gasteiger partial charge in [0.05, 0.1) is 6.10 Å². The molecule has 0 amide bonds. The third-order valence-corrected chi connectivity index (χ3v) is 3.72. The average Bonchev–Trinajstić information content (AvgIpc) is 2.36. The van der Waals surface area contributed by atoms with E-state index >= 15 is 0 Å². The fraction of sp³-hybridized carbons (Fsp3) is 0.294. The predicted molar refractivity (Wildman–Crippen MR) is 75.7 cm³/mol. The second-order valence-corrected chi connectivity index (χ2v) is 5.08. The first kappa shape index (κ1) is 13.8. The van der Waals surface area contributed by atoms with Gasteiger partial charge in [-0.3, -0.25) is 0 Å². The number of aryl methyl sites for hydroxylation is 2. The Morgan fingerprint density at radius 2 is 1.79 bits per heavy atom. The van der Waals surface area contributed by atoms with Crippen molar-refractivity contribution in [1.82, 2.24) is 0 Å². The molecule has 2 aromatic rings. The highest BCUT2D eigenvalue weighted by Crippen LogP contribution is 2.25. The molecule has 0 aromatic heterocycles. The van der Waals surface area contributed by atoms with Crippen molar-refractivity contribution in [2.75, 3.05) is 0 Å². The van der Waals surface area contributed by atoms with Gasteiger partial charge in [-0.05, 0) is 60.7 Å². The maximum Gasteiger partial charge on any atom is 0.123 e. The summed E-state index contributed by atoms with van der Waals surface area (Å²) in [5.41, 5.74) is 5.10. The predicted octanol–water partition coefficient (Wildman–Crippen LogP) is 4.03. The van der Waals surface area contributed by atoms with Crippen molar-refractivity contribution in [1.29, 1.82) is 0 Å². The Hall–Kier alpha value is -1.67. The summed E-state index contributed by atoms with van der Waals surface area (Å²) in [6.07, 6.45) is -0.0415. The lowest BCUT2D eigenvalue weighted by Gasteiger charge is -2.16. The number of benzene rings is 2. The number of rotatable bonds is 3. The summed E-state index contributed by atoms with van der Waals surface area (Å²) >= 11 is 0. The van der Waals surface area contributed by atoms with Gasteiger partial charge < -0.3 is 5.11 Å². The summed E-state index contributed by atoms with van der Waals surface area (Å²) < 4.78 is 13.1. The molecule has 0 fully saturated rings. The van der Waals surface area contributed by atoms with E-state index in [0.717, 1.165) is 22.3 Å². The lowest BCUT2D eigenvalue weighted by atomic mass is 9.93. The Morgan fingerprint density at radius 1 is 1.05 bits per heavy atom. The van der Waals surface area contributed by atoms with E-state index in [1.165, 1.54) is 17.7 Å². The van der Waals surface area contributed by atoms with Crippen LogP contribution >= 0.6 is 0 Å². The molecule has 0 bridgehead atoms. The zero-order chi connectivity index (χ0) is 14.0. The number of hydrogen-bond acceptors (Lipinski definition) is 1. The molecule has 19 heavy (non-hydrogen) atoms. The van der Waals surface area contributed by atoms with Gasteiger partial charge in [0.1, 0.15) is 5.82 Å². The van der Waals surface area contributed by atoms with Gasteiger partial charge >= 0.3 is 0 Å². The molecule has 2 heteroatoms. The standard InChI is InChI=1S/C17H19FO/c1-11-5-4-6-16(13(11)3)17(19)10-14-7-8-15(18)9-12(14)2/h4-9,17,19H,10H2,1-3H3. The molecule has 1 nitrogen and oxygen atoms in total. The van der Waals surface area contributed by atoms with E-state index in [-0.39, 0.29) is 5.82 Å². The van der Waals surface area contributed by atoms with Crippen LogP contribution in [-0.2, 0) is 6.42 Å². The maximum atomic E-state index is 13.1. The summed E-state index contributed by atoms with van der Waals surface area (Å²) in [6.45, 7) is 5.92. The lowest BCUT2D eigenvalue weighted by Crippen LogP contribution is -2.06. The van der Waals surface area contributed by atoms with Crippen LogP contribution < -0.4 is 0 Å². The minimum Gasteiger partial charge on any atom is -0.388 e. The Morgan fingerprint density at radius 3 is 2.47 bits per heavy atom. The Kier molecular flexibility index (Phi) is 4.01. The van der Waals surface area contributed by atoms with Crippen molar-refractivity contribution in [2.45, 2.75) is 33.3 Å². The number of hydrogen-bond donors (Lipinski definition) is 1. The highest BCUT2D eigenvalue weighted by Gasteiger charge is 2.13. The molecule has 0 spiro atoms. The van der Waals surface area contributed by atoms with Crippen LogP contribution in [0.3, 0.4) is 0 Å². The fourth-order valence-electron chi connectivity index (χ4n) is 2.34. The van der Waals surface area contributed by atoms with Gasteiger partial charge in [0.25, 0.3) is 0 Å². The Balaban J connectivity index is 2.25. The van der Waals surface area contributed by atoms with Gasteiger partial charge in [-0.1, -0.05) is 24.3 Å². The summed E-state index contributed by atoms with van der Waals surface area (Å²) in [4.78, 5) is 0. The first-order valence-electron chi connectivity index (χ1n) is 6.48. The van der Waals surface area contributed by atoms with Crippen LogP contribution in [0.5, 0.6) is 0 Å². The second-order valence-electron chi connectivity index (χ2n) is 5.08. The number of aliphatic hydroxyl groups is 1. The van der Waals surface area contributed by atoms with Crippen molar-refractivity contribution in [2.24, 2.45) is 0 Å². The molecule has 0 aliphatic heterocycles. The summed E-state index contributed by atoms with van der Waals surface area (Å²) in [5.74, 6) is -0.234. The molecule has 1 atom stereocenters. The molecule has 0 heterocycles. The molecule has 2 rings (SSSR count). The van der Waals surface area contributed by atoms with E-state index in [1.807, 2.05) is 39.0 Å². The highest BCUT2D eigenvalue weighted by atomic mass is 19.1. The first-order valence-corrected chi connectivity index (χ1v) is 6.48. The highest BCUT2D eigenvalue weighted by molar-refractivity contribution is 5.36. The zero-order valence-electron chi connectivity index (χ0n) is 11.6. The third kappa shape index (κ3) is 3.02. The molecule has 0 aliphatic rings. The minimum absolute atomic E-state index is 0.234.